The van der Waals surface area contributed by atoms with E-state index in [0.29, 0.717) is 10.9 Å². The Kier molecular flexibility index (Phi) is 4.95. The molecule has 1 aliphatic rings. The van der Waals surface area contributed by atoms with E-state index in [1.807, 2.05) is 0 Å². The maximum absolute atomic E-state index is 11.6. The number of nitrogens with one attached hydrogen (secondary N) is 1. The second-order valence-corrected chi connectivity index (χ2v) is 5.10. The summed E-state index contributed by atoms with van der Waals surface area (Å²) in [7, 11) is 0. The van der Waals surface area contributed by atoms with Gasteiger partial charge in [-0.1, -0.05) is 23.9 Å². The van der Waals surface area contributed by atoms with Crippen LogP contribution >= 0.6 is 11.8 Å². The monoisotopic (exact) mass is 290 g/mol. The minimum Gasteiger partial charge on any atom is -0.427 e. The summed E-state index contributed by atoms with van der Waals surface area (Å²) in [6, 6.07) is 6.89. The van der Waals surface area contributed by atoms with Crippen molar-refractivity contribution in [3.8, 4) is 5.75 Å². The maximum Gasteiger partial charge on any atom is 0.308 e. The first kappa shape index (κ1) is 14.3. The third-order valence-electron chi connectivity index (χ3n) is 2.38. The molecule has 0 fully saturated rings. The molecule has 0 unspecified atom stereocenters. The molecule has 1 aliphatic heterocycles. The average molecular weight is 290 g/mol. The zero-order valence-corrected chi connectivity index (χ0v) is 11.8. The lowest BCUT2D eigenvalue weighted by Gasteiger charge is -2.01. The van der Waals surface area contributed by atoms with Crippen LogP contribution in [0.25, 0.3) is 6.08 Å². The Balaban J connectivity index is 1.90. The van der Waals surface area contributed by atoms with Crippen molar-refractivity contribution in [3.05, 3.63) is 35.9 Å². The summed E-state index contributed by atoms with van der Waals surface area (Å²) in [5.74, 6) is 0.831. The van der Waals surface area contributed by atoms with Gasteiger partial charge in [-0.3, -0.25) is 14.6 Å². The Labute approximate surface area is 121 Å². The molecule has 1 heterocycles. The van der Waals surface area contributed by atoms with Gasteiger partial charge in [-0.15, -0.1) is 0 Å². The van der Waals surface area contributed by atoms with Crippen LogP contribution in [-0.4, -0.2) is 29.3 Å². The number of aliphatic imine (C=N–C) groups is 1. The molecule has 0 radical (unpaired) electrons. The Hall–Kier alpha value is -2.08. The van der Waals surface area contributed by atoms with E-state index in [2.05, 4.69) is 10.3 Å². The van der Waals surface area contributed by atoms with Gasteiger partial charge in [0.05, 0.1) is 6.54 Å². The van der Waals surface area contributed by atoms with Crippen molar-refractivity contribution in [3.63, 3.8) is 0 Å². The van der Waals surface area contributed by atoms with Gasteiger partial charge in [-0.05, 0) is 23.8 Å². The SMILES string of the molecule is CC(=O)Oc1ccc(/C=C/C(=O)NC2=NCCS2)cc1. The molecule has 0 spiro atoms. The Morgan fingerprint density at radius 2 is 2.10 bits per heavy atom. The standard InChI is InChI=1S/C14H14N2O3S/c1-10(17)19-12-5-2-11(3-6-12)4-7-13(18)16-14-15-8-9-20-14/h2-7H,8-9H2,1H3,(H,15,16,18)/b7-4+. The first-order valence-corrected chi connectivity index (χ1v) is 7.07. The minimum absolute atomic E-state index is 0.206. The van der Waals surface area contributed by atoms with E-state index in [9.17, 15) is 9.59 Å². The van der Waals surface area contributed by atoms with Crippen LogP contribution < -0.4 is 10.1 Å². The number of carbonyl (C=O) groups excluding carboxylic acids is 2. The van der Waals surface area contributed by atoms with Crippen LogP contribution in [0.3, 0.4) is 0 Å². The number of amides is 1. The summed E-state index contributed by atoms with van der Waals surface area (Å²) in [6.07, 6.45) is 3.13. The van der Waals surface area contributed by atoms with Crippen molar-refractivity contribution in [2.45, 2.75) is 6.92 Å². The molecule has 0 saturated carbocycles. The molecule has 0 atom stereocenters. The lowest BCUT2D eigenvalue weighted by atomic mass is 10.2. The molecule has 104 valence electrons. The minimum atomic E-state index is -0.359. The molecule has 0 aromatic heterocycles. The van der Waals surface area contributed by atoms with Crippen LogP contribution in [0.1, 0.15) is 12.5 Å². The normalized spacial score (nSPS) is 14.2. The summed E-state index contributed by atoms with van der Waals surface area (Å²) < 4.78 is 4.92. The number of rotatable bonds is 3. The zero-order valence-electron chi connectivity index (χ0n) is 11.0. The average Bonchev–Trinajstić information content (AvgIpc) is 2.90. The lowest BCUT2D eigenvalue weighted by Crippen LogP contribution is -2.25. The fourth-order valence-corrected chi connectivity index (χ4v) is 2.27. The molecule has 1 N–H and O–H groups in total. The second kappa shape index (κ2) is 6.91. The number of esters is 1. The highest BCUT2D eigenvalue weighted by Crippen LogP contribution is 2.13. The second-order valence-electron chi connectivity index (χ2n) is 4.02. The third-order valence-corrected chi connectivity index (χ3v) is 3.28. The highest BCUT2D eigenvalue weighted by molar-refractivity contribution is 8.14. The van der Waals surface area contributed by atoms with Gasteiger partial charge in [0.1, 0.15) is 5.75 Å². The summed E-state index contributed by atoms with van der Waals surface area (Å²) in [5, 5.41) is 3.38. The van der Waals surface area contributed by atoms with E-state index in [0.717, 1.165) is 17.9 Å². The van der Waals surface area contributed by atoms with Crippen LogP contribution in [0.15, 0.2) is 35.3 Å². The van der Waals surface area contributed by atoms with Gasteiger partial charge in [0, 0.05) is 18.8 Å². The van der Waals surface area contributed by atoms with E-state index in [4.69, 9.17) is 4.74 Å². The van der Waals surface area contributed by atoms with Crippen molar-refractivity contribution in [1.82, 2.24) is 5.32 Å². The molecule has 1 aromatic rings. The molecule has 6 heteroatoms. The van der Waals surface area contributed by atoms with Gasteiger partial charge in [0.2, 0.25) is 5.91 Å². The Bertz CT molecular complexity index is 564. The molecule has 1 amide bonds. The first-order chi connectivity index (χ1) is 9.63. The summed E-state index contributed by atoms with van der Waals surface area (Å²) in [6.45, 7) is 2.10. The summed E-state index contributed by atoms with van der Waals surface area (Å²) >= 11 is 1.54. The van der Waals surface area contributed by atoms with E-state index in [1.54, 1.807) is 30.3 Å². The van der Waals surface area contributed by atoms with Gasteiger partial charge in [0.25, 0.3) is 0 Å². The molecular formula is C14H14N2O3S. The van der Waals surface area contributed by atoms with Crippen molar-refractivity contribution >= 4 is 34.9 Å². The summed E-state index contributed by atoms with van der Waals surface area (Å²) in [4.78, 5) is 26.5. The summed E-state index contributed by atoms with van der Waals surface area (Å²) in [5.41, 5.74) is 0.845. The van der Waals surface area contributed by atoms with Gasteiger partial charge in [-0.25, -0.2) is 0 Å². The third kappa shape index (κ3) is 4.55. The molecule has 0 bridgehead atoms. The largest absolute Gasteiger partial charge is 0.427 e. The predicted octanol–water partition coefficient (Wildman–Crippen LogP) is 1.84. The number of thioether (sulfide) groups is 1. The Morgan fingerprint density at radius 3 is 2.70 bits per heavy atom. The smallest absolute Gasteiger partial charge is 0.308 e. The number of nitrogens with zero attached hydrogens (tertiary/aromatic N) is 1. The molecular weight excluding hydrogens is 276 g/mol. The molecule has 20 heavy (non-hydrogen) atoms. The number of carbonyl (C=O) groups is 2. The highest BCUT2D eigenvalue weighted by Gasteiger charge is 2.08. The zero-order chi connectivity index (χ0) is 14.4. The number of amidine groups is 1. The van der Waals surface area contributed by atoms with Crippen molar-refractivity contribution in [2.24, 2.45) is 4.99 Å². The quantitative estimate of drug-likeness (QED) is 0.524. The van der Waals surface area contributed by atoms with Gasteiger partial charge < -0.3 is 10.1 Å². The van der Waals surface area contributed by atoms with Crippen molar-refractivity contribution in [1.29, 1.82) is 0 Å². The van der Waals surface area contributed by atoms with Crippen LogP contribution in [-0.2, 0) is 9.59 Å². The number of benzene rings is 1. The van der Waals surface area contributed by atoms with E-state index in [-0.39, 0.29) is 11.9 Å². The van der Waals surface area contributed by atoms with Crippen LogP contribution in [0, 0.1) is 0 Å². The first-order valence-electron chi connectivity index (χ1n) is 6.08. The van der Waals surface area contributed by atoms with Crippen LogP contribution in [0.4, 0.5) is 0 Å². The van der Waals surface area contributed by atoms with E-state index in [1.165, 1.54) is 24.8 Å². The number of hydrogen-bond acceptors (Lipinski definition) is 5. The number of ether oxygens (including phenoxy) is 1. The van der Waals surface area contributed by atoms with Crippen molar-refractivity contribution in [2.75, 3.05) is 12.3 Å². The molecule has 2 rings (SSSR count). The Morgan fingerprint density at radius 1 is 1.35 bits per heavy atom. The van der Waals surface area contributed by atoms with Gasteiger partial charge in [0.15, 0.2) is 5.17 Å². The topological polar surface area (TPSA) is 67.8 Å². The van der Waals surface area contributed by atoms with Crippen LogP contribution in [0.5, 0.6) is 5.75 Å². The van der Waals surface area contributed by atoms with Crippen LogP contribution in [0.2, 0.25) is 0 Å². The fraction of sp³-hybridized carbons (Fsp3) is 0.214. The highest BCUT2D eigenvalue weighted by atomic mass is 32.2. The van der Waals surface area contributed by atoms with E-state index >= 15 is 0 Å². The van der Waals surface area contributed by atoms with Crippen molar-refractivity contribution < 1.29 is 14.3 Å². The number of hydrogen-bond donors (Lipinski definition) is 1. The molecule has 1 aromatic carbocycles. The fourth-order valence-electron chi connectivity index (χ4n) is 1.54. The predicted molar refractivity (Wildman–Crippen MR) is 79.7 cm³/mol. The van der Waals surface area contributed by atoms with Gasteiger partial charge >= 0.3 is 5.97 Å². The lowest BCUT2D eigenvalue weighted by molar-refractivity contribution is -0.131. The van der Waals surface area contributed by atoms with E-state index < -0.39 is 0 Å². The maximum atomic E-state index is 11.6. The molecule has 5 nitrogen and oxygen atoms in total. The molecule has 0 saturated heterocycles. The van der Waals surface area contributed by atoms with Gasteiger partial charge in [-0.2, -0.15) is 0 Å². The molecule has 0 aliphatic carbocycles.